The number of rotatable bonds is 6. The largest absolute Gasteiger partial charge is 0.350 e. The van der Waals surface area contributed by atoms with Crippen molar-refractivity contribution in [3.8, 4) is 0 Å². The second kappa shape index (κ2) is 7.07. The van der Waals surface area contributed by atoms with Crippen molar-refractivity contribution in [3.05, 3.63) is 35.9 Å². The minimum atomic E-state index is 0.0312. The Balaban J connectivity index is 2.58. The van der Waals surface area contributed by atoms with E-state index in [4.69, 9.17) is 0 Å². The number of carbonyl (C=O) groups excluding carboxylic acids is 1. The zero-order valence-corrected chi connectivity index (χ0v) is 10.9. The van der Waals surface area contributed by atoms with Gasteiger partial charge in [0.2, 0.25) is 5.91 Å². The van der Waals surface area contributed by atoms with E-state index in [9.17, 15) is 4.79 Å². The number of hydrogen-bond donors (Lipinski definition) is 1. The molecule has 0 aliphatic heterocycles. The molecule has 0 saturated carbocycles. The van der Waals surface area contributed by atoms with Gasteiger partial charge in [0.25, 0.3) is 0 Å². The van der Waals surface area contributed by atoms with E-state index >= 15 is 0 Å². The summed E-state index contributed by atoms with van der Waals surface area (Å²) in [7, 11) is 4.13. The lowest BCUT2D eigenvalue weighted by Gasteiger charge is -2.19. The second-order valence-electron chi connectivity index (χ2n) is 4.61. The molecule has 1 aromatic rings. The van der Waals surface area contributed by atoms with Gasteiger partial charge in [0.15, 0.2) is 0 Å². The molecule has 0 spiro atoms. The molecule has 1 N–H and O–H groups in total. The average Bonchev–Trinajstić information content (AvgIpc) is 2.28. The van der Waals surface area contributed by atoms with Gasteiger partial charge in [-0.15, -0.1) is 0 Å². The topological polar surface area (TPSA) is 32.3 Å². The molecule has 0 aliphatic rings. The third-order valence-corrected chi connectivity index (χ3v) is 2.68. The minimum Gasteiger partial charge on any atom is -0.350 e. The van der Waals surface area contributed by atoms with Gasteiger partial charge in [-0.2, -0.15) is 0 Å². The highest BCUT2D eigenvalue weighted by Crippen LogP contribution is 2.18. The molecule has 0 bridgehead atoms. The summed E-state index contributed by atoms with van der Waals surface area (Å²) in [6.07, 6.45) is 2.05. The Morgan fingerprint density at radius 1 is 1.29 bits per heavy atom. The molecule has 17 heavy (non-hydrogen) atoms. The smallest absolute Gasteiger partial charge is 0.217 e. The fourth-order valence-corrected chi connectivity index (χ4v) is 1.86. The monoisotopic (exact) mass is 234 g/mol. The van der Waals surface area contributed by atoms with Gasteiger partial charge in [0.05, 0.1) is 6.04 Å². The van der Waals surface area contributed by atoms with Gasteiger partial charge in [-0.1, -0.05) is 30.3 Å². The molecule has 0 aromatic heterocycles. The lowest BCUT2D eigenvalue weighted by molar-refractivity contribution is -0.119. The first-order valence-electron chi connectivity index (χ1n) is 6.06. The summed E-state index contributed by atoms with van der Waals surface area (Å²) in [6, 6.07) is 10.3. The highest BCUT2D eigenvalue weighted by molar-refractivity contribution is 5.73. The van der Waals surface area contributed by atoms with Crippen LogP contribution in [0.25, 0.3) is 0 Å². The molecular formula is C14H22N2O. The van der Waals surface area contributed by atoms with Crippen molar-refractivity contribution in [1.82, 2.24) is 10.2 Å². The molecule has 0 saturated heterocycles. The van der Waals surface area contributed by atoms with Crippen LogP contribution in [0.5, 0.6) is 0 Å². The van der Waals surface area contributed by atoms with Crippen LogP contribution in [0.3, 0.4) is 0 Å². The summed E-state index contributed by atoms with van der Waals surface area (Å²) < 4.78 is 0. The van der Waals surface area contributed by atoms with Crippen molar-refractivity contribution in [3.63, 3.8) is 0 Å². The van der Waals surface area contributed by atoms with Crippen molar-refractivity contribution in [1.29, 1.82) is 0 Å². The molecular weight excluding hydrogens is 212 g/mol. The Morgan fingerprint density at radius 2 is 1.94 bits per heavy atom. The van der Waals surface area contributed by atoms with Crippen molar-refractivity contribution < 1.29 is 4.79 Å². The average molecular weight is 234 g/mol. The highest BCUT2D eigenvalue weighted by Gasteiger charge is 2.11. The molecule has 3 nitrogen and oxygen atoms in total. The molecule has 94 valence electrons. The lowest BCUT2D eigenvalue weighted by Crippen LogP contribution is -2.27. The van der Waals surface area contributed by atoms with E-state index in [-0.39, 0.29) is 11.9 Å². The van der Waals surface area contributed by atoms with E-state index in [2.05, 4.69) is 36.4 Å². The molecule has 1 amide bonds. The number of nitrogens with zero attached hydrogens (tertiary/aromatic N) is 1. The molecule has 0 heterocycles. The summed E-state index contributed by atoms with van der Waals surface area (Å²) in [6.45, 7) is 2.62. The van der Waals surface area contributed by atoms with Gasteiger partial charge in [0.1, 0.15) is 0 Å². The maximum absolute atomic E-state index is 11.2. The molecule has 3 heteroatoms. The zero-order chi connectivity index (χ0) is 12.7. The molecule has 0 fully saturated rings. The third kappa shape index (κ3) is 5.50. The highest BCUT2D eigenvalue weighted by atomic mass is 16.1. The van der Waals surface area contributed by atoms with Gasteiger partial charge in [-0.3, -0.25) is 4.79 Å². The van der Waals surface area contributed by atoms with Crippen LogP contribution in [0.2, 0.25) is 0 Å². The van der Waals surface area contributed by atoms with Gasteiger partial charge in [-0.25, -0.2) is 0 Å². The van der Waals surface area contributed by atoms with E-state index in [0.717, 1.165) is 19.4 Å². The molecule has 0 radical (unpaired) electrons. The van der Waals surface area contributed by atoms with Gasteiger partial charge >= 0.3 is 0 Å². The van der Waals surface area contributed by atoms with Crippen LogP contribution in [0.4, 0.5) is 0 Å². The van der Waals surface area contributed by atoms with Gasteiger partial charge in [-0.05, 0) is 39.0 Å². The van der Waals surface area contributed by atoms with E-state index in [1.165, 1.54) is 5.56 Å². The van der Waals surface area contributed by atoms with Crippen molar-refractivity contribution in [2.24, 2.45) is 0 Å². The molecule has 0 aliphatic carbocycles. The Kier molecular flexibility index (Phi) is 5.70. The number of amides is 1. The van der Waals surface area contributed by atoms with Crippen LogP contribution < -0.4 is 5.32 Å². The predicted octanol–water partition coefficient (Wildman–Crippen LogP) is 2.21. The normalized spacial score (nSPS) is 12.5. The number of benzene rings is 1. The van der Waals surface area contributed by atoms with Crippen LogP contribution in [0.1, 0.15) is 31.4 Å². The lowest BCUT2D eigenvalue weighted by atomic mass is 10.0. The van der Waals surface area contributed by atoms with E-state index in [1.807, 2.05) is 18.2 Å². The van der Waals surface area contributed by atoms with E-state index in [1.54, 1.807) is 6.92 Å². The SMILES string of the molecule is CC(=O)NC(CCCN(C)C)c1ccccc1. The third-order valence-electron chi connectivity index (χ3n) is 2.68. The van der Waals surface area contributed by atoms with Crippen molar-refractivity contribution >= 4 is 5.91 Å². The molecule has 1 atom stereocenters. The Hall–Kier alpha value is -1.35. The standard InChI is InChI=1S/C14H22N2O/c1-12(17)15-14(10-7-11-16(2)3)13-8-5-4-6-9-13/h4-6,8-9,14H,7,10-11H2,1-3H3,(H,15,17). The summed E-state index contributed by atoms with van der Waals surface area (Å²) >= 11 is 0. The second-order valence-corrected chi connectivity index (χ2v) is 4.61. The predicted molar refractivity (Wildman–Crippen MR) is 70.8 cm³/mol. The fraction of sp³-hybridized carbons (Fsp3) is 0.500. The first kappa shape index (κ1) is 13.7. The molecule has 1 rings (SSSR count). The summed E-state index contributed by atoms with van der Waals surface area (Å²) in [4.78, 5) is 13.4. The van der Waals surface area contributed by atoms with Crippen molar-refractivity contribution in [2.45, 2.75) is 25.8 Å². The molecule has 1 aromatic carbocycles. The number of hydrogen-bond acceptors (Lipinski definition) is 2. The Bertz CT molecular complexity index is 335. The zero-order valence-electron chi connectivity index (χ0n) is 10.9. The van der Waals surface area contributed by atoms with Crippen LogP contribution in [-0.4, -0.2) is 31.4 Å². The van der Waals surface area contributed by atoms with E-state index in [0.29, 0.717) is 0 Å². The maximum Gasteiger partial charge on any atom is 0.217 e. The quantitative estimate of drug-likeness (QED) is 0.818. The maximum atomic E-state index is 11.2. The first-order chi connectivity index (χ1) is 8.09. The van der Waals surface area contributed by atoms with E-state index < -0.39 is 0 Å². The molecule has 1 unspecified atom stereocenters. The number of nitrogens with one attached hydrogen (secondary N) is 1. The fourth-order valence-electron chi connectivity index (χ4n) is 1.86. The Morgan fingerprint density at radius 3 is 2.47 bits per heavy atom. The summed E-state index contributed by atoms with van der Waals surface area (Å²) in [5.74, 6) is 0.0312. The summed E-state index contributed by atoms with van der Waals surface area (Å²) in [5, 5.41) is 3.01. The first-order valence-corrected chi connectivity index (χ1v) is 6.06. The number of carbonyl (C=O) groups is 1. The Labute approximate surface area is 104 Å². The van der Waals surface area contributed by atoms with Crippen LogP contribution in [-0.2, 0) is 4.79 Å². The summed E-state index contributed by atoms with van der Waals surface area (Å²) in [5.41, 5.74) is 1.18. The van der Waals surface area contributed by atoms with Crippen LogP contribution in [0.15, 0.2) is 30.3 Å². The van der Waals surface area contributed by atoms with Gasteiger partial charge in [0, 0.05) is 6.92 Å². The minimum absolute atomic E-state index is 0.0312. The van der Waals surface area contributed by atoms with Crippen LogP contribution in [0, 0.1) is 0 Å². The van der Waals surface area contributed by atoms with Crippen molar-refractivity contribution in [2.75, 3.05) is 20.6 Å². The van der Waals surface area contributed by atoms with Crippen LogP contribution >= 0.6 is 0 Å². The van der Waals surface area contributed by atoms with Gasteiger partial charge < -0.3 is 10.2 Å².